The molecule has 0 spiro atoms. The molecule has 0 saturated carbocycles. The van der Waals surface area contributed by atoms with Crippen molar-refractivity contribution in [2.75, 3.05) is 14.8 Å². The average Bonchev–Trinajstić information content (AvgIpc) is 2.87. The smallest absolute Gasteiger partial charge is 0.261 e. The fraction of sp³-hybridized carbons (Fsp3) is 0.0385. The molecule has 4 aromatic rings. The van der Waals surface area contributed by atoms with Crippen LogP contribution in [-0.2, 0) is 20.0 Å². The molecule has 0 aliphatic carbocycles. The number of carbonyl (C=O) groups excluding carboxylic acids is 1. The summed E-state index contributed by atoms with van der Waals surface area (Å²) in [5.74, 6) is -1.00. The van der Waals surface area contributed by atoms with E-state index in [0.29, 0.717) is 11.3 Å². The van der Waals surface area contributed by atoms with Crippen LogP contribution in [0.3, 0.4) is 0 Å². The van der Waals surface area contributed by atoms with E-state index in [1.54, 1.807) is 37.3 Å². The minimum atomic E-state index is -3.92. The van der Waals surface area contributed by atoms with Crippen molar-refractivity contribution in [1.29, 1.82) is 0 Å². The van der Waals surface area contributed by atoms with E-state index in [2.05, 4.69) is 14.8 Å². The van der Waals surface area contributed by atoms with E-state index in [1.165, 1.54) is 54.6 Å². The van der Waals surface area contributed by atoms with Gasteiger partial charge in [-0.25, -0.2) is 21.2 Å². The number of benzene rings is 4. The number of amides is 1. The summed E-state index contributed by atoms with van der Waals surface area (Å²) in [7, 11) is -7.77. The first-order valence-electron chi connectivity index (χ1n) is 10.9. The third kappa shape index (κ3) is 6.32. The number of anilines is 3. The Bertz CT molecular complexity index is 1640. The number of hydrogen-bond acceptors (Lipinski definition) is 5. The SMILES string of the molecule is Cc1ccc(C(=O)Nc2ccc(S(=O)(=O)Nc3ccc(F)cc3)cc2)cc1NS(=O)(=O)c1ccccc1. The normalized spacial score (nSPS) is 11.5. The van der Waals surface area contributed by atoms with E-state index < -0.39 is 31.8 Å². The second kappa shape index (κ2) is 10.4. The summed E-state index contributed by atoms with van der Waals surface area (Å²) in [4.78, 5) is 12.9. The first kappa shape index (κ1) is 25.9. The summed E-state index contributed by atoms with van der Waals surface area (Å²) in [6.45, 7) is 1.71. The van der Waals surface area contributed by atoms with E-state index >= 15 is 0 Å². The van der Waals surface area contributed by atoms with Gasteiger partial charge in [0.2, 0.25) is 0 Å². The van der Waals surface area contributed by atoms with Crippen LogP contribution in [0.15, 0.2) is 107 Å². The van der Waals surface area contributed by atoms with Crippen molar-refractivity contribution in [3.63, 3.8) is 0 Å². The predicted octanol–water partition coefficient (Wildman–Crippen LogP) is 4.99. The molecule has 0 aliphatic rings. The first-order valence-corrected chi connectivity index (χ1v) is 13.9. The minimum Gasteiger partial charge on any atom is -0.322 e. The lowest BCUT2D eigenvalue weighted by Crippen LogP contribution is -2.16. The fourth-order valence-corrected chi connectivity index (χ4v) is 5.53. The van der Waals surface area contributed by atoms with Crippen molar-refractivity contribution in [2.24, 2.45) is 0 Å². The Morgan fingerprint density at radius 2 is 1.24 bits per heavy atom. The van der Waals surface area contributed by atoms with Gasteiger partial charge in [-0.05, 0) is 85.3 Å². The molecule has 8 nitrogen and oxygen atoms in total. The van der Waals surface area contributed by atoms with Crippen LogP contribution < -0.4 is 14.8 Å². The second-order valence-corrected chi connectivity index (χ2v) is 11.4. The fourth-order valence-electron chi connectivity index (χ4n) is 3.33. The van der Waals surface area contributed by atoms with Gasteiger partial charge in [0, 0.05) is 16.9 Å². The molecule has 0 fully saturated rings. The zero-order valence-electron chi connectivity index (χ0n) is 19.5. The molecule has 0 bridgehead atoms. The van der Waals surface area contributed by atoms with Crippen molar-refractivity contribution in [1.82, 2.24) is 0 Å². The summed E-state index contributed by atoms with van der Waals surface area (Å²) >= 11 is 0. The maximum absolute atomic E-state index is 13.1. The Hall–Kier alpha value is -4.22. The Labute approximate surface area is 214 Å². The van der Waals surface area contributed by atoms with Gasteiger partial charge in [0.15, 0.2) is 0 Å². The molecule has 1 amide bonds. The van der Waals surface area contributed by atoms with E-state index in [1.807, 2.05) is 0 Å². The van der Waals surface area contributed by atoms with E-state index in [-0.39, 0.29) is 26.7 Å². The highest BCUT2D eigenvalue weighted by Crippen LogP contribution is 2.23. The van der Waals surface area contributed by atoms with E-state index in [4.69, 9.17) is 0 Å². The Morgan fingerprint density at radius 3 is 1.89 bits per heavy atom. The lowest BCUT2D eigenvalue weighted by Gasteiger charge is -2.13. The minimum absolute atomic E-state index is 0.0530. The molecule has 190 valence electrons. The van der Waals surface area contributed by atoms with Gasteiger partial charge < -0.3 is 5.32 Å². The van der Waals surface area contributed by atoms with Gasteiger partial charge in [0.05, 0.1) is 15.5 Å². The number of carbonyl (C=O) groups is 1. The summed E-state index contributed by atoms with van der Waals surface area (Å²) in [6, 6.07) is 22.8. The molecule has 0 heterocycles. The molecule has 0 atom stereocenters. The molecule has 0 radical (unpaired) electrons. The van der Waals surface area contributed by atoms with Crippen molar-refractivity contribution < 1.29 is 26.0 Å². The third-order valence-corrected chi connectivity index (χ3v) is 8.10. The summed E-state index contributed by atoms with van der Waals surface area (Å²) in [5, 5.41) is 2.66. The zero-order valence-corrected chi connectivity index (χ0v) is 21.1. The number of halogens is 1. The maximum atomic E-state index is 13.1. The molecule has 37 heavy (non-hydrogen) atoms. The number of aryl methyl sites for hydroxylation is 1. The van der Waals surface area contributed by atoms with Crippen LogP contribution in [0, 0.1) is 12.7 Å². The quantitative estimate of drug-likeness (QED) is 0.291. The van der Waals surface area contributed by atoms with E-state index in [0.717, 1.165) is 12.1 Å². The molecule has 3 N–H and O–H groups in total. The van der Waals surface area contributed by atoms with Gasteiger partial charge >= 0.3 is 0 Å². The van der Waals surface area contributed by atoms with Crippen molar-refractivity contribution in [3.05, 3.63) is 114 Å². The number of nitrogens with one attached hydrogen (secondary N) is 3. The summed E-state index contributed by atoms with van der Waals surface area (Å²) in [5.41, 5.74) is 1.62. The van der Waals surface area contributed by atoms with Crippen LogP contribution in [0.1, 0.15) is 15.9 Å². The standard InChI is InChI=1S/C26H22FN3O5S2/c1-18-7-8-19(17-25(18)30-37(34,35)23-5-3-2-4-6-23)26(31)28-21-13-15-24(16-14-21)36(32,33)29-22-11-9-20(27)10-12-22/h2-17,29-30H,1H3,(H,28,31). The zero-order chi connectivity index (χ0) is 26.6. The van der Waals surface area contributed by atoms with E-state index in [9.17, 15) is 26.0 Å². The number of hydrogen-bond donors (Lipinski definition) is 3. The Morgan fingerprint density at radius 1 is 0.676 bits per heavy atom. The molecule has 0 aliphatic heterocycles. The van der Waals surface area contributed by atoms with Gasteiger partial charge in [-0.15, -0.1) is 0 Å². The third-order valence-electron chi connectivity index (χ3n) is 5.32. The molecule has 4 rings (SSSR count). The van der Waals surface area contributed by atoms with Crippen LogP contribution in [0.5, 0.6) is 0 Å². The monoisotopic (exact) mass is 539 g/mol. The number of sulfonamides is 2. The largest absolute Gasteiger partial charge is 0.322 e. The van der Waals surface area contributed by atoms with Crippen molar-refractivity contribution in [2.45, 2.75) is 16.7 Å². The number of rotatable bonds is 8. The van der Waals surface area contributed by atoms with Crippen LogP contribution in [-0.4, -0.2) is 22.7 Å². The average molecular weight is 540 g/mol. The molecular weight excluding hydrogens is 517 g/mol. The highest BCUT2D eigenvalue weighted by Gasteiger charge is 2.17. The van der Waals surface area contributed by atoms with Gasteiger partial charge in [0.25, 0.3) is 26.0 Å². The molecule has 0 saturated heterocycles. The topological polar surface area (TPSA) is 121 Å². The van der Waals surface area contributed by atoms with Gasteiger partial charge in [0.1, 0.15) is 5.82 Å². The maximum Gasteiger partial charge on any atom is 0.261 e. The van der Waals surface area contributed by atoms with Gasteiger partial charge in [-0.2, -0.15) is 0 Å². The lowest BCUT2D eigenvalue weighted by atomic mass is 10.1. The van der Waals surface area contributed by atoms with Crippen LogP contribution in [0.2, 0.25) is 0 Å². The van der Waals surface area contributed by atoms with Gasteiger partial charge in [-0.3, -0.25) is 14.2 Å². The molecule has 0 aromatic heterocycles. The van der Waals surface area contributed by atoms with Crippen LogP contribution in [0.4, 0.5) is 21.5 Å². The first-order chi connectivity index (χ1) is 17.5. The van der Waals surface area contributed by atoms with Crippen LogP contribution >= 0.6 is 0 Å². The molecular formula is C26H22FN3O5S2. The second-order valence-electron chi connectivity index (χ2n) is 8.04. The molecule has 11 heteroatoms. The Balaban J connectivity index is 1.47. The summed E-state index contributed by atoms with van der Waals surface area (Å²) < 4.78 is 68.4. The highest BCUT2D eigenvalue weighted by atomic mass is 32.2. The molecule has 4 aromatic carbocycles. The summed E-state index contributed by atoms with van der Waals surface area (Å²) in [6.07, 6.45) is 0. The van der Waals surface area contributed by atoms with Crippen molar-refractivity contribution in [3.8, 4) is 0 Å². The van der Waals surface area contributed by atoms with Gasteiger partial charge in [-0.1, -0.05) is 24.3 Å². The molecule has 0 unspecified atom stereocenters. The Kier molecular flexibility index (Phi) is 7.28. The lowest BCUT2D eigenvalue weighted by molar-refractivity contribution is 0.102. The predicted molar refractivity (Wildman–Crippen MR) is 140 cm³/mol. The van der Waals surface area contributed by atoms with Crippen molar-refractivity contribution >= 4 is 43.0 Å². The van der Waals surface area contributed by atoms with Crippen LogP contribution in [0.25, 0.3) is 0 Å². The highest BCUT2D eigenvalue weighted by molar-refractivity contribution is 7.93.